The summed E-state index contributed by atoms with van der Waals surface area (Å²) in [6.45, 7) is 1.98. The molecule has 0 aromatic carbocycles. The minimum absolute atomic E-state index is 0.0418. The molecule has 0 bridgehead atoms. The molecular weight excluding hydrogens is 212 g/mol. The Morgan fingerprint density at radius 1 is 1.69 bits per heavy atom. The average molecular weight is 230 g/mol. The van der Waals surface area contributed by atoms with E-state index in [1.54, 1.807) is 12.0 Å². The van der Waals surface area contributed by atoms with Gasteiger partial charge in [-0.1, -0.05) is 0 Å². The van der Waals surface area contributed by atoms with Crippen molar-refractivity contribution in [2.75, 3.05) is 39.9 Å². The Balaban J connectivity index is 2.49. The molecule has 1 saturated heterocycles. The Labute approximate surface area is 94.6 Å². The quantitative estimate of drug-likeness (QED) is 0.602. The van der Waals surface area contributed by atoms with E-state index in [-0.39, 0.29) is 19.0 Å². The van der Waals surface area contributed by atoms with E-state index in [9.17, 15) is 9.59 Å². The normalized spacial score (nSPS) is 21.9. The Kier molecular flexibility index (Phi) is 5.21. The molecule has 1 aliphatic heterocycles. The summed E-state index contributed by atoms with van der Waals surface area (Å²) in [5, 5.41) is 11.8. The van der Waals surface area contributed by atoms with Crippen LogP contribution in [-0.2, 0) is 14.3 Å². The van der Waals surface area contributed by atoms with Gasteiger partial charge in [0.1, 0.15) is 0 Å². The van der Waals surface area contributed by atoms with E-state index < -0.39 is 11.9 Å². The molecule has 1 fully saturated rings. The average Bonchev–Trinajstić information content (AvgIpc) is 2.42. The second kappa shape index (κ2) is 6.44. The van der Waals surface area contributed by atoms with Crippen LogP contribution in [0.25, 0.3) is 0 Å². The number of hydrogen-bond donors (Lipinski definition) is 2. The van der Waals surface area contributed by atoms with Crippen LogP contribution < -0.4 is 5.32 Å². The van der Waals surface area contributed by atoms with Crippen LogP contribution in [0.3, 0.4) is 0 Å². The van der Waals surface area contributed by atoms with Gasteiger partial charge in [0.2, 0.25) is 5.91 Å². The zero-order chi connectivity index (χ0) is 12.0. The van der Waals surface area contributed by atoms with Crippen molar-refractivity contribution in [3.8, 4) is 0 Å². The third-order valence-electron chi connectivity index (χ3n) is 2.59. The number of carboxylic acids is 1. The van der Waals surface area contributed by atoms with Crippen molar-refractivity contribution in [1.29, 1.82) is 0 Å². The molecule has 92 valence electrons. The number of amides is 1. The van der Waals surface area contributed by atoms with Crippen molar-refractivity contribution in [2.24, 2.45) is 5.92 Å². The van der Waals surface area contributed by atoms with Crippen LogP contribution in [0.1, 0.15) is 6.42 Å². The lowest BCUT2D eigenvalue weighted by Gasteiger charge is -2.22. The summed E-state index contributed by atoms with van der Waals surface area (Å²) in [6.07, 6.45) is 0.731. The van der Waals surface area contributed by atoms with E-state index in [4.69, 9.17) is 9.84 Å². The number of aliphatic carboxylic acids is 1. The maximum absolute atomic E-state index is 11.6. The number of carboxylic acid groups (broad SMARTS) is 1. The molecule has 1 rings (SSSR count). The highest BCUT2D eigenvalue weighted by molar-refractivity contribution is 5.80. The third kappa shape index (κ3) is 3.79. The van der Waals surface area contributed by atoms with Gasteiger partial charge in [0.15, 0.2) is 0 Å². The highest BCUT2D eigenvalue weighted by Gasteiger charge is 2.26. The molecule has 1 amide bonds. The van der Waals surface area contributed by atoms with Gasteiger partial charge in [0, 0.05) is 33.4 Å². The fraction of sp³-hybridized carbons (Fsp3) is 0.800. The molecule has 1 unspecified atom stereocenters. The van der Waals surface area contributed by atoms with Crippen molar-refractivity contribution in [2.45, 2.75) is 6.42 Å². The molecule has 1 aliphatic rings. The number of nitrogens with zero attached hydrogens (tertiary/aromatic N) is 1. The lowest BCUT2D eigenvalue weighted by molar-refractivity contribution is -0.142. The van der Waals surface area contributed by atoms with Gasteiger partial charge in [-0.25, -0.2) is 0 Å². The SMILES string of the molecule is COCCCN1CC(C(=O)O)CNCC1=O. The molecule has 0 saturated carbocycles. The van der Waals surface area contributed by atoms with Crippen LogP contribution in [0.2, 0.25) is 0 Å². The number of rotatable bonds is 5. The van der Waals surface area contributed by atoms with E-state index in [1.165, 1.54) is 0 Å². The zero-order valence-electron chi connectivity index (χ0n) is 9.44. The summed E-state index contributed by atoms with van der Waals surface area (Å²) < 4.78 is 4.90. The van der Waals surface area contributed by atoms with Gasteiger partial charge in [-0.15, -0.1) is 0 Å². The first-order valence-corrected chi connectivity index (χ1v) is 5.35. The van der Waals surface area contributed by atoms with Gasteiger partial charge in [-0.2, -0.15) is 0 Å². The van der Waals surface area contributed by atoms with Gasteiger partial charge >= 0.3 is 5.97 Å². The molecule has 0 aromatic rings. The number of nitrogens with one attached hydrogen (secondary N) is 1. The predicted molar refractivity (Wildman–Crippen MR) is 57.1 cm³/mol. The van der Waals surface area contributed by atoms with Crippen molar-refractivity contribution in [3.63, 3.8) is 0 Å². The van der Waals surface area contributed by atoms with E-state index in [0.717, 1.165) is 6.42 Å². The van der Waals surface area contributed by atoms with Crippen LogP contribution in [0.15, 0.2) is 0 Å². The van der Waals surface area contributed by atoms with Gasteiger partial charge in [0.25, 0.3) is 0 Å². The zero-order valence-corrected chi connectivity index (χ0v) is 9.44. The first-order chi connectivity index (χ1) is 7.65. The molecule has 6 nitrogen and oxygen atoms in total. The molecule has 16 heavy (non-hydrogen) atoms. The van der Waals surface area contributed by atoms with Crippen LogP contribution >= 0.6 is 0 Å². The Morgan fingerprint density at radius 3 is 3.06 bits per heavy atom. The minimum Gasteiger partial charge on any atom is -0.481 e. The highest BCUT2D eigenvalue weighted by atomic mass is 16.5. The van der Waals surface area contributed by atoms with Crippen LogP contribution in [0.5, 0.6) is 0 Å². The summed E-state index contributed by atoms with van der Waals surface area (Å²) in [6, 6.07) is 0. The van der Waals surface area contributed by atoms with Gasteiger partial charge in [-0.05, 0) is 6.42 Å². The Bertz CT molecular complexity index is 257. The lowest BCUT2D eigenvalue weighted by atomic mass is 10.1. The molecular formula is C10H18N2O4. The van der Waals surface area contributed by atoms with Gasteiger partial charge in [0.05, 0.1) is 12.5 Å². The lowest BCUT2D eigenvalue weighted by Crippen LogP contribution is -2.38. The first kappa shape index (κ1) is 12.9. The van der Waals surface area contributed by atoms with Gasteiger partial charge < -0.3 is 20.1 Å². The maximum Gasteiger partial charge on any atom is 0.309 e. The number of hydrogen-bond acceptors (Lipinski definition) is 4. The van der Waals surface area contributed by atoms with Crippen molar-refractivity contribution in [3.05, 3.63) is 0 Å². The fourth-order valence-corrected chi connectivity index (χ4v) is 1.68. The molecule has 6 heteroatoms. The third-order valence-corrected chi connectivity index (χ3v) is 2.59. The van der Waals surface area contributed by atoms with Crippen molar-refractivity contribution >= 4 is 11.9 Å². The number of ether oxygens (including phenoxy) is 1. The molecule has 0 aliphatic carbocycles. The van der Waals surface area contributed by atoms with E-state index in [1.807, 2.05) is 0 Å². The summed E-state index contributed by atoms with van der Waals surface area (Å²) >= 11 is 0. The molecule has 1 heterocycles. The van der Waals surface area contributed by atoms with Crippen LogP contribution in [-0.4, -0.2) is 61.8 Å². The van der Waals surface area contributed by atoms with Crippen molar-refractivity contribution < 1.29 is 19.4 Å². The molecule has 0 spiro atoms. The topological polar surface area (TPSA) is 78.9 Å². The predicted octanol–water partition coefficient (Wildman–Crippen LogP) is -0.844. The Hall–Kier alpha value is -1.14. The minimum atomic E-state index is -0.862. The van der Waals surface area contributed by atoms with E-state index in [0.29, 0.717) is 19.7 Å². The Morgan fingerprint density at radius 2 is 2.44 bits per heavy atom. The summed E-state index contributed by atoms with van der Waals surface area (Å²) in [5.41, 5.74) is 0. The number of methoxy groups -OCH3 is 1. The first-order valence-electron chi connectivity index (χ1n) is 5.35. The number of carbonyl (C=O) groups is 2. The van der Waals surface area contributed by atoms with E-state index >= 15 is 0 Å². The second-order valence-corrected chi connectivity index (χ2v) is 3.85. The molecule has 1 atom stereocenters. The highest BCUT2D eigenvalue weighted by Crippen LogP contribution is 2.05. The standard InChI is InChI=1S/C10H18N2O4/c1-16-4-2-3-12-7-8(10(14)15)5-11-6-9(12)13/h8,11H,2-7H2,1H3,(H,14,15). The number of carbonyl (C=O) groups excluding carboxylic acids is 1. The second-order valence-electron chi connectivity index (χ2n) is 3.85. The van der Waals surface area contributed by atoms with Gasteiger partial charge in [-0.3, -0.25) is 9.59 Å². The fourth-order valence-electron chi connectivity index (χ4n) is 1.68. The van der Waals surface area contributed by atoms with E-state index in [2.05, 4.69) is 5.32 Å². The monoisotopic (exact) mass is 230 g/mol. The molecule has 2 N–H and O–H groups in total. The largest absolute Gasteiger partial charge is 0.481 e. The smallest absolute Gasteiger partial charge is 0.309 e. The van der Waals surface area contributed by atoms with Crippen LogP contribution in [0, 0.1) is 5.92 Å². The molecule has 0 aromatic heterocycles. The summed E-state index contributed by atoms with van der Waals surface area (Å²) in [4.78, 5) is 24.1. The molecule has 0 radical (unpaired) electrons. The summed E-state index contributed by atoms with van der Waals surface area (Å²) in [5.74, 6) is -1.42. The van der Waals surface area contributed by atoms with Crippen molar-refractivity contribution in [1.82, 2.24) is 10.2 Å². The summed E-state index contributed by atoms with van der Waals surface area (Å²) in [7, 11) is 1.60. The maximum atomic E-state index is 11.6. The van der Waals surface area contributed by atoms with Crippen LogP contribution in [0.4, 0.5) is 0 Å².